The van der Waals surface area contributed by atoms with E-state index in [1.165, 1.54) is 5.56 Å². The van der Waals surface area contributed by atoms with Crippen molar-refractivity contribution in [3.63, 3.8) is 0 Å². The van der Waals surface area contributed by atoms with Crippen molar-refractivity contribution in [1.82, 2.24) is 4.90 Å². The molecule has 25 heavy (non-hydrogen) atoms. The summed E-state index contributed by atoms with van der Waals surface area (Å²) in [7, 11) is 0. The smallest absolute Gasteiger partial charge is 0.410 e. The number of hydrogen-bond donors (Lipinski definition) is 1. The van der Waals surface area contributed by atoms with Gasteiger partial charge in [-0.15, -0.1) is 0 Å². The highest BCUT2D eigenvalue weighted by molar-refractivity contribution is 5.68. The van der Waals surface area contributed by atoms with Gasteiger partial charge in [-0.2, -0.15) is 0 Å². The third kappa shape index (κ3) is 6.94. The van der Waals surface area contributed by atoms with Crippen molar-refractivity contribution in [3.8, 4) is 5.75 Å². The van der Waals surface area contributed by atoms with Crippen LogP contribution in [0.15, 0.2) is 24.3 Å². The molecule has 0 atom stereocenters. The first-order valence-electron chi connectivity index (χ1n) is 9.18. The fraction of sp³-hybridized carbons (Fsp3) is 0.650. The van der Waals surface area contributed by atoms with Gasteiger partial charge in [-0.1, -0.05) is 12.1 Å². The molecule has 1 N–H and O–H groups in total. The van der Waals surface area contributed by atoms with E-state index in [-0.39, 0.29) is 12.7 Å². The molecular formula is C20H31NO4. The van der Waals surface area contributed by atoms with Crippen molar-refractivity contribution in [3.05, 3.63) is 29.8 Å². The molecule has 1 heterocycles. The second-order valence-electron chi connectivity index (χ2n) is 7.69. The summed E-state index contributed by atoms with van der Waals surface area (Å²) in [5.74, 6) is 1.34. The Morgan fingerprint density at radius 2 is 1.84 bits per heavy atom. The van der Waals surface area contributed by atoms with Crippen LogP contribution in [0.4, 0.5) is 4.79 Å². The predicted octanol–water partition coefficient (Wildman–Crippen LogP) is 3.64. The number of hydrogen-bond acceptors (Lipinski definition) is 4. The molecule has 0 radical (unpaired) electrons. The summed E-state index contributed by atoms with van der Waals surface area (Å²) in [5, 5.41) is 8.86. The maximum Gasteiger partial charge on any atom is 0.410 e. The van der Waals surface area contributed by atoms with Gasteiger partial charge in [-0.3, -0.25) is 0 Å². The van der Waals surface area contributed by atoms with Gasteiger partial charge >= 0.3 is 6.09 Å². The number of nitrogens with zero attached hydrogens (tertiary/aromatic N) is 1. The van der Waals surface area contributed by atoms with Crippen LogP contribution < -0.4 is 4.74 Å². The quantitative estimate of drug-likeness (QED) is 0.852. The highest BCUT2D eigenvalue weighted by atomic mass is 16.6. The van der Waals surface area contributed by atoms with Crippen LogP contribution in [0.5, 0.6) is 5.75 Å². The highest BCUT2D eigenvalue weighted by Crippen LogP contribution is 2.21. The summed E-state index contributed by atoms with van der Waals surface area (Å²) in [6, 6.07) is 8.08. The molecule has 140 valence electrons. The highest BCUT2D eigenvalue weighted by Gasteiger charge is 2.27. The van der Waals surface area contributed by atoms with Crippen molar-refractivity contribution >= 4 is 6.09 Å². The molecule has 0 bridgehead atoms. The molecule has 1 aliphatic rings. The number of likely N-dealkylation sites (tertiary alicyclic amines) is 1. The zero-order valence-corrected chi connectivity index (χ0v) is 15.7. The lowest BCUT2D eigenvalue weighted by atomic mass is 9.98. The molecule has 1 aliphatic heterocycles. The van der Waals surface area contributed by atoms with Gasteiger partial charge in [0.2, 0.25) is 0 Å². The molecule has 1 saturated heterocycles. The average molecular weight is 349 g/mol. The Morgan fingerprint density at radius 1 is 1.20 bits per heavy atom. The molecule has 5 heteroatoms. The zero-order chi connectivity index (χ0) is 18.3. The van der Waals surface area contributed by atoms with Crippen LogP contribution in [0.3, 0.4) is 0 Å². The monoisotopic (exact) mass is 349 g/mol. The minimum atomic E-state index is -0.444. The number of aryl methyl sites for hydroxylation is 1. The van der Waals surface area contributed by atoms with Gasteiger partial charge in [0.05, 0.1) is 6.61 Å². The van der Waals surface area contributed by atoms with Gasteiger partial charge in [0.1, 0.15) is 11.4 Å². The number of aliphatic hydroxyl groups is 1. The second kappa shape index (κ2) is 9.09. The topological polar surface area (TPSA) is 59.0 Å². The summed E-state index contributed by atoms with van der Waals surface area (Å²) in [5.41, 5.74) is 0.771. The number of rotatable bonds is 6. The van der Waals surface area contributed by atoms with Gasteiger partial charge in [0.15, 0.2) is 0 Å². The average Bonchev–Trinajstić information content (AvgIpc) is 2.58. The predicted molar refractivity (Wildman–Crippen MR) is 97.9 cm³/mol. The number of benzene rings is 1. The minimum absolute atomic E-state index is 0.217. The van der Waals surface area contributed by atoms with E-state index in [9.17, 15) is 4.79 Å². The largest absolute Gasteiger partial charge is 0.493 e. The molecule has 1 aromatic carbocycles. The first kappa shape index (κ1) is 19.6. The van der Waals surface area contributed by atoms with Gasteiger partial charge in [-0.25, -0.2) is 4.79 Å². The summed E-state index contributed by atoms with van der Waals surface area (Å²) in [6.45, 7) is 8.02. The van der Waals surface area contributed by atoms with E-state index in [4.69, 9.17) is 14.6 Å². The van der Waals surface area contributed by atoms with Crippen molar-refractivity contribution in [1.29, 1.82) is 0 Å². The van der Waals surface area contributed by atoms with Crippen molar-refractivity contribution < 1.29 is 19.4 Å². The van der Waals surface area contributed by atoms with Crippen LogP contribution in [0.25, 0.3) is 0 Å². The number of carbonyl (C=O) groups excluding carboxylic acids is 1. The van der Waals surface area contributed by atoms with Gasteiger partial charge in [0, 0.05) is 19.7 Å². The zero-order valence-electron chi connectivity index (χ0n) is 15.7. The Labute approximate surface area is 150 Å². The number of amides is 1. The van der Waals surface area contributed by atoms with Crippen LogP contribution in [-0.4, -0.2) is 48.0 Å². The Hall–Kier alpha value is -1.75. The van der Waals surface area contributed by atoms with E-state index in [2.05, 4.69) is 12.1 Å². The van der Waals surface area contributed by atoms with E-state index in [0.29, 0.717) is 12.5 Å². The first-order valence-corrected chi connectivity index (χ1v) is 9.18. The summed E-state index contributed by atoms with van der Waals surface area (Å²) < 4.78 is 11.3. The van der Waals surface area contributed by atoms with Gasteiger partial charge in [-0.05, 0) is 70.1 Å². The summed E-state index contributed by atoms with van der Waals surface area (Å²) in [4.78, 5) is 13.9. The molecule has 1 fully saturated rings. The minimum Gasteiger partial charge on any atom is -0.493 e. The second-order valence-corrected chi connectivity index (χ2v) is 7.69. The maximum absolute atomic E-state index is 12.1. The Morgan fingerprint density at radius 3 is 2.40 bits per heavy atom. The summed E-state index contributed by atoms with van der Waals surface area (Å²) >= 11 is 0. The Kier molecular flexibility index (Phi) is 7.12. The SMILES string of the molecule is CC(C)(C)OC(=O)N1CCC(COc2ccc(CCCO)cc2)CC1. The van der Waals surface area contributed by atoms with Crippen molar-refractivity contribution in [2.75, 3.05) is 26.3 Å². The molecule has 0 aromatic heterocycles. The van der Waals surface area contributed by atoms with E-state index >= 15 is 0 Å². The Bertz CT molecular complexity index is 528. The first-order chi connectivity index (χ1) is 11.9. The standard InChI is InChI=1S/C20H31NO4/c1-20(2,3)25-19(23)21-12-10-17(11-13-21)15-24-18-8-6-16(7-9-18)5-4-14-22/h6-9,17,22H,4-5,10-15H2,1-3H3. The van der Waals surface area contributed by atoms with E-state index in [1.54, 1.807) is 4.90 Å². The molecule has 1 amide bonds. The number of aliphatic hydroxyl groups excluding tert-OH is 1. The molecule has 0 spiro atoms. The number of ether oxygens (including phenoxy) is 2. The van der Waals surface area contributed by atoms with Gasteiger partial charge < -0.3 is 19.5 Å². The fourth-order valence-electron chi connectivity index (χ4n) is 2.86. The normalized spacial score (nSPS) is 15.9. The molecule has 0 saturated carbocycles. The van der Waals surface area contributed by atoms with Crippen LogP contribution in [-0.2, 0) is 11.2 Å². The van der Waals surface area contributed by atoms with Crippen LogP contribution >= 0.6 is 0 Å². The molecule has 2 rings (SSSR count). The van der Waals surface area contributed by atoms with E-state index < -0.39 is 5.60 Å². The van der Waals surface area contributed by atoms with Crippen LogP contribution in [0.1, 0.15) is 45.6 Å². The molecule has 5 nitrogen and oxygen atoms in total. The van der Waals surface area contributed by atoms with E-state index in [1.807, 2.05) is 32.9 Å². The van der Waals surface area contributed by atoms with Crippen molar-refractivity contribution in [2.45, 2.75) is 52.1 Å². The molecule has 1 aromatic rings. The lowest BCUT2D eigenvalue weighted by Crippen LogP contribution is -2.42. The van der Waals surface area contributed by atoms with Crippen LogP contribution in [0, 0.1) is 5.92 Å². The Balaban J connectivity index is 1.70. The van der Waals surface area contributed by atoms with E-state index in [0.717, 1.165) is 44.5 Å². The third-order valence-corrected chi connectivity index (χ3v) is 4.30. The molecule has 0 aliphatic carbocycles. The fourth-order valence-corrected chi connectivity index (χ4v) is 2.86. The van der Waals surface area contributed by atoms with Crippen molar-refractivity contribution in [2.24, 2.45) is 5.92 Å². The molecular weight excluding hydrogens is 318 g/mol. The number of carbonyl (C=O) groups is 1. The maximum atomic E-state index is 12.1. The number of piperidine rings is 1. The molecule has 0 unspecified atom stereocenters. The lowest BCUT2D eigenvalue weighted by molar-refractivity contribution is 0.0165. The van der Waals surface area contributed by atoms with Crippen LogP contribution in [0.2, 0.25) is 0 Å². The summed E-state index contributed by atoms with van der Waals surface area (Å²) in [6.07, 6.45) is 3.34. The third-order valence-electron chi connectivity index (χ3n) is 4.30. The van der Waals surface area contributed by atoms with Gasteiger partial charge in [0.25, 0.3) is 0 Å². The lowest BCUT2D eigenvalue weighted by Gasteiger charge is -2.33.